The quantitative estimate of drug-likeness (QED) is 0.224. The van der Waals surface area contributed by atoms with Crippen LogP contribution >= 0.6 is 22.7 Å². The first-order valence-corrected chi connectivity index (χ1v) is 17.6. The summed E-state index contributed by atoms with van der Waals surface area (Å²) >= 11 is 2.92. The summed E-state index contributed by atoms with van der Waals surface area (Å²) in [5.74, 6) is 0.290. The summed E-state index contributed by atoms with van der Waals surface area (Å²) in [5.41, 5.74) is 3.19. The summed E-state index contributed by atoms with van der Waals surface area (Å²) in [6.07, 6.45) is 1.77. The van der Waals surface area contributed by atoms with Crippen molar-refractivity contribution in [3.63, 3.8) is 0 Å². The molecule has 1 N–H and O–H groups in total. The topological polar surface area (TPSA) is 106 Å². The van der Waals surface area contributed by atoms with Gasteiger partial charge in [0.15, 0.2) is 27.3 Å². The fourth-order valence-electron chi connectivity index (χ4n) is 4.20. The number of para-hydroxylation sites is 1. The Balaban J connectivity index is 1.50. The maximum absolute atomic E-state index is 11.3. The van der Waals surface area contributed by atoms with Crippen molar-refractivity contribution in [3.05, 3.63) is 51.3 Å². The first-order chi connectivity index (χ1) is 17.7. The predicted octanol–water partition coefficient (Wildman–Crippen LogP) is 5.58. The first-order valence-electron chi connectivity index (χ1n) is 12.2. The molecule has 0 aliphatic carbocycles. The summed E-state index contributed by atoms with van der Waals surface area (Å²) in [4.78, 5) is 23.3. The number of thiazole rings is 2. The van der Waals surface area contributed by atoms with Crippen molar-refractivity contribution in [1.82, 2.24) is 19.7 Å². The summed E-state index contributed by atoms with van der Waals surface area (Å²) < 4.78 is 9.35. The Morgan fingerprint density at radius 2 is 2.05 bits per heavy atom. The van der Waals surface area contributed by atoms with E-state index in [0.29, 0.717) is 17.7 Å². The van der Waals surface area contributed by atoms with Crippen molar-refractivity contribution in [3.8, 4) is 0 Å². The summed E-state index contributed by atoms with van der Waals surface area (Å²) in [7, 11) is -1.17. The van der Waals surface area contributed by atoms with Gasteiger partial charge >= 0.3 is 5.97 Å². The SMILES string of the molecule is Cc1c(N=c2sc3ccccc3n2COCC[Si](C)(C)C)nnc2c1CCCN2c1nc(C(=O)O)cs1. The minimum atomic E-state index is -1.17. The number of fused-ring (bicyclic) bond motifs is 2. The standard InChI is InChI=1S/C25H30N6O3S2Si/c1-16-17-8-7-11-30(24-26-18(14-35-24)23(32)33)22(17)29-28-21(16)27-25-31(15-34-12-13-37(2,3)4)19-9-5-6-10-20(19)36-25/h5-6,9-10,14H,7-8,11-13,15H2,1-4H3,(H,32,33). The van der Waals surface area contributed by atoms with E-state index in [1.807, 2.05) is 24.0 Å². The molecule has 0 saturated carbocycles. The number of ether oxygens (including phenoxy) is 1. The molecule has 0 fully saturated rings. The highest BCUT2D eigenvalue weighted by Gasteiger charge is 2.26. The molecule has 0 spiro atoms. The van der Waals surface area contributed by atoms with Crippen LogP contribution in [0.3, 0.4) is 0 Å². The van der Waals surface area contributed by atoms with Gasteiger partial charge in [0.1, 0.15) is 6.73 Å². The van der Waals surface area contributed by atoms with Gasteiger partial charge in [-0.05, 0) is 37.9 Å². The zero-order chi connectivity index (χ0) is 26.2. The van der Waals surface area contributed by atoms with Gasteiger partial charge in [-0.1, -0.05) is 43.1 Å². The molecule has 0 radical (unpaired) electrons. The van der Waals surface area contributed by atoms with E-state index in [1.165, 1.54) is 11.3 Å². The highest BCUT2D eigenvalue weighted by atomic mass is 32.1. The molecule has 9 nitrogen and oxygen atoms in total. The van der Waals surface area contributed by atoms with Crippen LogP contribution < -0.4 is 9.70 Å². The largest absolute Gasteiger partial charge is 0.476 e. The van der Waals surface area contributed by atoms with E-state index in [9.17, 15) is 9.90 Å². The molecule has 0 atom stereocenters. The fourth-order valence-corrected chi connectivity index (χ4v) is 6.81. The van der Waals surface area contributed by atoms with Gasteiger partial charge in [-0.15, -0.1) is 21.5 Å². The summed E-state index contributed by atoms with van der Waals surface area (Å²) in [6, 6.07) is 9.37. The molecule has 4 heterocycles. The molecule has 0 amide bonds. The Morgan fingerprint density at radius 1 is 1.24 bits per heavy atom. The number of nitrogens with zero attached hydrogens (tertiary/aromatic N) is 6. The molecule has 37 heavy (non-hydrogen) atoms. The zero-order valence-corrected chi connectivity index (χ0v) is 24.0. The molecule has 0 unspecified atom stereocenters. The Labute approximate surface area is 224 Å². The average Bonchev–Trinajstić information content (AvgIpc) is 3.48. The van der Waals surface area contributed by atoms with Crippen LogP contribution in [0.25, 0.3) is 10.2 Å². The fraction of sp³-hybridized carbons (Fsp3) is 0.400. The zero-order valence-electron chi connectivity index (χ0n) is 21.4. The average molecular weight is 555 g/mol. The van der Waals surface area contributed by atoms with Crippen molar-refractivity contribution in [1.29, 1.82) is 0 Å². The second kappa shape index (κ2) is 10.4. The normalized spacial score (nSPS) is 14.4. The van der Waals surface area contributed by atoms with Crippen LogP contribution in [-0.2, 0) is 17.9 Å². The van der Waals surface area contributed by atoms with Gasteiger partial charge in [0.2, 0.25) is 0 Å². The number of benzene rings is 1. The Hall–Kier alpha value is -2.93. The van der Waals surface area contributed by atoms with Crippen LogP contribution in [0.15, 0.2) is 34.6 Å². The lowest BCUT2D eigenvalue weighted by atomic mass is 10.0. The van der Waals surface area contributed by atoms with Gasteiger partial charge < -0.3 is 14.7 Å². The third-order valence-corrected chi connectivity index (χ3v) is 9.94. The van der Waals surface area contributed by atoms with E-state index in [-0.39, 0.29) is 5.69 Å². The van der Waals surface area contributed by atoms with E-state index in [2.05, 4.69) is 51.5 Å². The molecule has 0 saturated heterocycles. The highest BCUT2D eigenvalue weighted by Crippen LogP contribution is 2.36. The maximum atomic E-state index is 11.3. The minimum absolute atomic E-state index is 0.0461. The Kier molecular flexibility index (Phi) is 7.25. The monoisotopic (exact) mass is 554 g/mol. The Morgan fingerprint density at radius 3 is 2.81 bits per heavy atom. The van der Waals surface area contributed by atoms with Gasteiger partial charge in [-0.25, -0.2) is 9.78 Å². The summed E-state index contributed by atoms with van der Waals surface area (Å²) in [5, 5.41) is 20.5. The number of carboxylic acid groups (broad SMARTS) is 1. The van der Waals surface area contributed by atoms with Crippen molar-refractivity contribution < 1.29 is 14.6 Å². The molecule has 0 bridgehead atoms. The van der Waals surface area contributed by atoms with Gasteiger partial charge in [-0.2, -0.15) is 4.99 Å². The second-order valence-electron chi connectivity index (χ2n) is 10.3. The Bertz CT molecular complexity index is 1520. The van der Waals surface area contributed by atoms with Gasteiger partial charge in [0, 0.05) is 37.7 Å². The smallest absolute Gasteiger partial charge is 0.355 e. The number of aromatic nitrogens is 4. The second-order valence-corrected chi connectivity index (χ2v) is 17.7. The van der Waals surface area contributed by atoms with Crippen LogP contribution in [0.2, 0.25) is 25.7 Å². The first kappa shape index (κ1) is 25.7. The number of carboxylic acids is 1. The molecule has 3 aromatic heterocycles. The molecule has 5 rings (SSSR count). The number of aromatic carboxylic acids is 1. The molecule has 194 valence electrons. The van der Waals surface area contributed by atoms with Crippen molar-refractivity contribution in [2.75, 3.05) is 18.1 Å². The minimum Gasteiger partial charge on any atom is -0.476 e. The lowest BCUT2D eigenvalue weighted by Crippen LogP contribution is -2.27. The molecule has 1 aromatic carbocycles. The molecular weight excluding hydrogens is 525 g/mol. The van der Waals surface area contributed by atoms with Crippen LogP contribution in [-0.4, -0.2) is 52.0 Å². The predicted molar refractivity (Wildman–Crippen MR) is 150 cm³/mol. The van der Waals surface area contributed by atoms with Gasteiger partial charge in [0.05, 0.1) is 10.2 Å². The van der Waals surface area contributed by atoms with Gasteiger partial charge in [-0.3, -0.25) is 4.57 Å². The van der Waals surface area contributed by atoms with E-state index < -0.39 is 14.0 Å². The van der Waals surface area contributed by atoms with Crippen molar-refractivity contribution in [2.45, 2.75) is 52.2 Å². The maximum Gasteiger partial charge on any atom is 0.355 e. The number of hydrogen-bond acceptors (Lipinski definition) is 9. The van der Waals surface area contributed by atoms with Crippen LogP contribution in [0.4, 0.5) is 16.8 Å². The van der Waals surface area contributed by atoms with Crippen molar-refractivity contribution in [2.24, 2.45) is 4.99 Å². The van der Waals surface area contributed by atoms with Crippen molar-refractivity contribution >= 4 is 63.7 Å². The molecular formula is C25H30N6O3S2Si. The van der Waals surface area contributed by atoms with Gasteiger partial charge in [0.25, 0.3) is 0 Å². The van der Waals surface area contributed by atoms with E-state index in [1.54, 1.807) is 16.7 Å². The lowest BCUT2D eigenvalue weighted by molar-refractivity contribution is 0.0691. The highest BCUT2D eigenvalue weighted by molar-refractivity contribution is 7.16. The molecule has 1 aliphatic rings. The molecule has 4 aromatic rings. The van der Waals surface area contributed by atoms with Crippen LogP contribution in [0.1, 0.15) is 28.0 Å². The van der Waals surface area contributed by atoms with E-state index in [4.69, 9.17) is 9.73 Å². The van der Waals surface area contributed by atoms with E-state index >= 15 is 0 Å². The number of rotatable bonds is 8. The van der Waals surface area contributed by atoms with Crippen LogP contribution in [0, 0.1) is 6.92 Å². The summed E-state index contributed by atoms with van der Waals surface area (Å²) in [6.45, 7) is 11.0. The number of hydrogen-bond donors (Lipinski definition) is 1. The number of anilines is 2. The third-order valence-electron chi connectivity index (χ3n) is 6.31. The lowest BCUT2D eigenvalue weighted by Gasteiger charge is -2.28. The molecule has 12 heteroatoms. The van der Waals surface area contributed by atoms with Crippen LogP contribution in [0.5, 0.6) is 0 Å². The third kappa shape index (κ3) is 5.52. The van der Waals surface area contributed by atoms with E-state index in [0.717, 1.165) is 64.0 Å². The number of carbonyl (C=O) groups is 1. The molecule has 1 aliphatic heterocycles.